The number of piperidine rings is 2. The van der Waals surface area contributed by atoms with E-state index in [1.807, 2.05) is 18.2 Å². The van der Waals surface area contributed by atoms with E-state index in [1.165, 1.54) is 50.6 Å². The van der Waals surface area contributed by atoms with Crippen molar-refractivity contribution in [1.82, 2.24) is 5.32 Å². The summed E-state index contributed by atoms with van der Waals surface area (Å²) in [6.45, 7) is 13.5. The van der Waals surface area contributed by atoms with Gasteiger partial charge in [-0.1, -0.05) is 27.7 Å². The standard InChI is InChI=1S/C16H22N2O2S.C8H17N.C7H3BrFN/c1-12(2)14-5-4-8-18(11-14)15-7-6-13(10-17)16(9-15)21(3,19)20;1-7(2)8-4-3-5-9-6-8;8-7-3-6(9)2-1-5(7)4-10/h6-7,9,12,14H,4-5,8,11H2,1-3H3;7-9H,3-6H2,1-2H3;1-3H/t14-;8-;/m00./s1. The van der Waals surface area contributed by atoms with Crippen LogP contribution in [-0.4, -0.2) is 40.9 Å². The summed E-state index contributed by atoms with van der Waals surface area (Å²) in [5, 5.41) is 20.9. The molecule has 0 spiro atoms. The van der Waals surface area contributed by atoms with Gasteiger partial charge < -0.3 is 10.2 Å². The van der Waals surface area contributed by atoms with Gasteiger partial charge in [-0.3, -0.25) is 0 Å². The SMILES string of the molecule is CC(C)[C@H]1CCCN(c2ccc(C#N)c(S(C)(=O)=O)c2)C1.CC(C)[C@H]1CCCNC1.N#Cc1ccc(F)cc1Br. The Balaban J connectivity index is 0.000000243. The summed E-state index contributed by atoms with van der Waals surface area (Å²) < 4.78 is 36.5. The number of nitrogens with one attached hydrogen (secondary N) is 1. The van der Waals surface area contributed by atoms with Crippen LogP contribution in [0.2, 0.25) is 0 Å². The highest BCUT2D eigenvalue weighted by Crippen LogP contribution is 2.30. The number of anilines is 1. The van der Waals surface area contributed by atoms with Gasteiger partial charge in [-0.15, -0.1) is 0 Å². The summed E-state index contributed by atoms with van der Waals surface area (Å²) in [4.78, 5) is 2.37. The Kier molecular flexibility index (Phi) is 13.6. The van der Waals surface area contributed by atoms with Crippen LogP contribution in [0.1, 0.15) is 64.5 Å². The lowest BCUT2D eigenvalue weighted by Gasteiger charge is -2.36. The van der Waals surface area contributed by atoms with E-state index >= 15 is 0 Å². The summed E-state index contributed by atoms with van der Waals surface area (Å²) in [6.07, 6.45) is 6.31. The molecule has 0 aliphatic carbocycles. The molecular formula is C31H42BrFN4O2S. The van der Waals surface area contributed by atoms with Crippen molar-refractivity contribution < 1.29 is 12.8 Å². The second-order valence-electron chi connectivity index (χ2n) is 11.2. The Hall–Kier alpha value is -2.46. The first-order valence-electron chi connectivity index (χ1n) is 13.9. The van der Waals surface area contributed by atoms with Gasteiger partial charge in [0.2, 0.25) is 0 Å². The number of nitriles is 2. The predicted octanol–water partition coefficient (Wildman–Crippen LogP) is 6.94. The minimum absolute atomic E-state index is 0.133. The molecule has 2 aliphatic heterocycles. The van der Waals surface area contributed by atoms with Crippen molar-refractivity contribution in [2.75, 3.05) is 37.3 Å². The summed E-state index contributed by atoms with van der Waals surface area (Å²) >= 11 is 3.04. The van der Waals surface area contributed by atoms with Gasteiger partial charge >= 0.3 is 0 Å². The first-order valence-corrected chi connectivity index (χ1v) is 16.6. The van der Waals surface area contributed by atoms with Gasteiger partial charge in [0.1, 0.15) is 18.0 Å². The lowest BCUT2D eigenvalue weighted by Crippen LogP contribution is -2.37. The molecule has 0 amide bonds. The molecule has 4 rings (SSSR count). The summed E-state index contributed by atoms with van der Waals surface area (Å²) in [5.41, 5.74) is 1.57. The van der Waals surface area contributed by atoms with Crippen molar-refractivity contribution in [3.63, 3.8) is 0 Å². The molecule has 1 N–H and O–H groups in total. The average Bonchev–Trinajstić information content (AvgIpc) is 2.93. The Bertz CT molecular complexity index is 1300. The van der Waals surface area contributed by atoms with Crippen LogP contribution in [0.4, 0.5) is 10.1 Å². The largest absolute Gasteiger partial charge is 0.371 e. The van der Waals surface area contributed by atoms with Crippen molar-refractivity contribution in [3.8, 4) is 12.1 Å². The van der Waals surface area contributed by atoms with Gasteiger partial charge in [0.15, 0.2) is 9.84 Å². The van der Waals surface area contributed by atoms with E-state index in [9.17, 15) is 12.8 Å². The first-order chi connectivity index (χ1) is 18.9. The molecule has 9 heteroatoms. The van der Waals surface area contributed by atoms with E-state index < -0.39 is 9.84 Å². The van der Waals surface area contributed by atoms with E-state index in [0.29, 0.717) is 21.9 Å². The normalized spacial score (nSPS) is 19.0. The van der Waals surface area contributed by atoms with Gasteiger partial charge in [0.05, 0.1) is 16.0 Å². The molecular weight excluding hydrogens is 591 g/mol. The van der Waals surface area contributed by atoms with E-state index in [-0.39, 0.29) is 16.3 Å². The molecule has 0 unspecified atom stereocenters. The van der Waals surface area contributed by atoms with Crippen LogP contribution in [0.5, 0.6) is 0 Å². The molecule has 2 atom stereocenters. The van der Waals surface area contributed by atoms with Crippen LogP contribution in [-0.2, 0) is 9.84 Å². The summed E-state index contributed by atoms with van der Waals surface area (Å²) in [6, 6.07) is 12.9. The molecule has 0 saturated carbocycles. The van der Waals surface area contributed by atoms with Crippen molar-refractivity contribution in [3.05, 3.63) is 57.8 Å². The smallest absolute Gasteiger partial charge is 0.176 e. The Morgan fingerprint density at radius 3 is 2.10 bits per heavy atom. The van der Waals surface area contributed by atoms with Gasteiger partial charge in [0, 0.05) is 29.5 Å². The zero-order chi connectivity index (χ0) is 29.9. The van der Waals surface area contributed by atoms with Crippen molar-refractivity contribution in [2.24, 2.45) is 23.7 Å². The Morgan fingerprint density at radius 2 is 1.60 bits per heavy atom. The average molecular weight is 634 g/mol. The van der Waals surface area contributed by atoms with Crippen molar-refractivity contribution >= 4 is 31.5 Å². The third-order valence-electron chi connectivity index (χ3n) is 7.58. The minimum atomic E-state index is -3.39. The Morgan fingerprint density at radius 1 is 0.975 bits per heavy atom. The number of sulfone groups is 1. The number of hydrogen-bond acceptors (Lipinski definition) is 6. The fourth-order valence-corrected chi connectivity index (χ4v) is 6.21. The topological polar surface area (TPSA) is 97.0 Å². The van der Waals surface area contributed by atoms with E-state index in [4.69, 9.17) is 10.5 Å². The molecule has 0 aromatic heterocycles. The number of rotatable bonds is 4. The number of benzene rings is 2. The molecule has 2 saturated heterocycles. The van der Waals surface area contributed by atoms with Crippen LogP contribution in [0.3, 0.4) is 0 Å². The number of halogens is 2. The van der Waals surface area contributed by atoms with Crippen LogP contribution in [0.15, 0.2) is 45.8 Å². The first kappa shape index (κ1) is 33.7. The molecule has 0 radical (unpaired) electrons. The lowest BCUT2D eigenvalue weighted by molar-refractivity contribution is 0.296. The van der Waals surface area contributed by atoms with Gasteiger partial charge in [-0.25, -0.2) is 12.8 Å². The maximum atomic E-state index is 12.3. The maximum absolute atomic E-state index is 12.3. The van der Waals surface area contributed by atoms with Crippen LogP contribution < -0.4 is 10.2 Å². The second-order valence-corrected chi connectivity index (χ2v) is 14.1. The molecule has 2 aromatic rings. The molecule has 0 bridgehead atoms. The molecule has 218 valence electrons. The fourth-order valence-electron chi connectivity index (χ4n) is 4.92. The zero-order valence-electron chi connectivity index (χ0n) is 24.3. The van der Waals surface area contributed by atoms with Crippen molar-refractivity contribution in [2.45, 2.75) is 58.3 Å². The van der Waals surface area contributed by atoms with Crippen molar-refractivity contribution in [1.29, 1.82) is 10.5 Å². The summed E-state index contributed by atoms with van der Waals surface area (Å²) in [7, 11) is -3.39. The second kappa shape index (κ2) is 16.1. The monoisotopic (exact) mass is 632 g/mol. The van der Waals surface area contributed by atoms with Gasteiger partial charge in [-0.05, 0) is 115 Å². The fraction of sp³-hybridized carbons (Fsp3) is 0.548. The van der Waals surface area contributed by atoms with Crippen LogP contribution in [0.25, 0.3) is 0 Å². The minimum Gasteiger partial charge on any atom is -0.371 e. The highest BCUT2D eigenvalue weighted by Gasteiger charge is 2.24. The van der Waals surface area contributed by atoms with Crippen LogP contribution >= 0.6 is 15.9 Å². The molecule has 2 heterocycles. The number of nitrogens with zero attached hydrogens (tertiary/aromatic N) is 3. The highest BCUT2D eigenvalue weighted by atomic mass is 79.9. The van der Waals surface area contributed by atoms with Crippen LogP contribution in [0, 0.1) is 52.2 Å². The number of hydrogen-bond donors (Lipinski definition) is 1. The Labute approximate surface area is 248 Å². The van der Waals surface area contributed by atoms with E-state index in [2.05, 4.69) is 53.8 Å². The molecule has 2 aromatic carbocycles. The van der Waals surface area contributed by atoms with E-state index in [0.717, 1.165) is 43.3 Å². The predicted molar refractivity (Wildman–Crippen MR) is 163 cm³/mol. The zero-order valence-corrected chi connectivity index (χ0v) is 26.7. The quantitative estimate of drug-likeness (QED) is 0.392. The molecule has 40 heavy (non-hydrogen) atoms. The molecule has 6 nitrogen and oxygen atoms in total. The molecule has 2 fully saturated rings. The third-order valence-corrected chi connectivity index (χ3v) is 9.37. The molecule has 2 aliphatic rings. The summed E-state index contributed by atoms with van der Waals surface area (Å²) in [5.74, 6) is 2.74. The maximum Gasteiger partial charge on any atom is 0.176 e. The van der Waals surface area contributed by atoms with Gasteiger partial charge in [-0.2, -0.15) is 10.5 Å². The lowest BCUT2D eigenvalue weighted by atomic mass is 9.87. The third kappa shape index (κ3) is 10.5. The van der Waals surface area contributed by atoms with Gasteiger partial charge in [0.25, 0.3) is 0 Å². The van der Waals surface area contributed by atoms with E-state index in [1.54, 1.807) is 12.1 Å². The highest BCUT2D eigenvalue weighted by molar-refractivity contribution is 9.10.